The first-order valence-corrected chi connectivity index (χ1v) is 51.5. The number of ketones is 1. The van der Waals surface area contributed by atoms with Crippen LogP contribution in [0, 0.1) is 39.0 Å². The van der Waals surface area contributed by atoms with E-state index in [1.165, 1.54) is 66.0 Å². The van der Waals surface area contributed by atoms with E-state index in [1.807, 2.05) is 133 Å². The number of carbonyl (C=O) groups is 2. The average Bonchev–Trinajstić information content (AvgIpc) is 0.789. The Morgan fingerprint density at radius 3 is 1.43 bits per heavy atom. The third-order valence-corrected chi connectivity index (χ3v) is 26.9. The van der Waals surface area contributed by atoms with Crippen molar-refractivity contribution in [1.29, 1.82) is 0 Å². The molecule has 0 spiro atoms. The van der Waals surface area contributed by atoms with Crippen molar-refractivity contribution in [3.8, 4) is 12.3 Å². The maximum atomic E-state index is 13.7. The molecule has 1 amide bonds. The summed E-state index contributed by atoms with van der Waals surface area (Å²) in [7, 11) is 1.42. The lowest BCUT2D eigenvalue weighted by molar-refractivity contribution is -0.579. The summed E-state index contributed by atoms with van der Waals surface area (Å²) in [6.45, 7) is 54.9. The predicted octanol–water partition coefficient (Wildman–Crippen LogP) is 26.8. The number of terminal acetylenes is 1. The van der Waals surface area contributed by atoms with Gasteiger partial charge in [0.25, 0.3) is 5.91 Å². The zero-order chi connectivity index (χ0) is 102. The van der Waals surface area contributed by atoms with E-state index < -0.39 is 0 Å². The molecule has 6 aromatic carbocycles. The molecule has 1 aliphatic rings. The van der Waals surface area contributed by atoms with Crippen molar-refractivity contribution in [3.05, 3.63) is 287 Å². The summed E-state index contributed by atoms with van der Waals surface area (Å²) in [5.74, 6) is 2.75. The number of rotatable bonds is 13. The number of nitrogens with two attached hydrogens (primary N) is 1. The molecule has 10 heterocycles. The Labute approximate surface area is 847 Å². The van der Waals surface area contributed by atoms with E-state index in [4.69, 9.17) is 17.0 Å². The maximum absolute atomic E-state index is 13.7. The lowest BCUT2D eigenvalue weighted by Crippen LogP contribution is -2.56. The number of carbonyl (C=O) groups excluding carboxylic acids is 2. The van der Waals surface area contributed by atoms with Gasteiger partial charge in [0.1, 0.15) is 22.7 Å². The van der Waals surface area contributed by atoms with E-state index >= 15 is 0 Å². The Balaban J connectivity index is 0.000000177. The number of halogens is 1. The fourth-order valence-corrected chi connectivity index (χ4v) is 21.3. The number of hydroxylamine groups is 1. The van der Waals surface area contributed by atoms with E-state index in [0.29, 0.717) is 38.8 Å². The highest BCUT2D eigenvalue weighted by Gasteiger charge is 2.27. The van der Waals surface area contributed by atoms with Crippen LogP contribution in [0.2, 0.25) is 0 Å². The van der Waals surface area contributed by atoms with Crippen LogP contribution in [-0.2, 0) is 9.63 Å². The van der Waals surface area contributed by atoms with Gasteiger partial charge < -0.3 is 31.5 Å². The van der Waals surface area contributed by atoms with Crippen molar-refractivity contribution in [2.75, 3.05) is 25.1 Å². The van der Waals surface area contributed by atoms with E-state index in [9.17, 15) is 34.8 Å². The summed E-state index contributed by atoms with van der Waals surface area (Å²) in [6, 6.07) is 58.4. The number of fused-ring (bicyclic) bond motifs is 7. The van der Waals surface area contributed by atoms with Crippen molar-refractivity contribution in [1.82, 2.24) is 35.4 Å². The van der Waals surface area contributed by atoms with E-state index in [-0.39, 0.29) is 61.5 Å². The maximum Gasteiger partial charge on any atom is 0.277 e. The molecule has 1 saturated heterocycles. The average molecular weight is 2010 g/mol. The minimum atomic E-state index is -0.295. The Hall–Kier alpha value is -10.5. The number of thioether (sulfide) groups is 8. The van der Waals surface area contributed by atoms with Gasteiger partial charge in [0.15, 0.2) is 30.6 Å². The first kappa shape index (κ1) is 111. The minimum absolute atomic E-state index is 0.0587. The fraction of sp³-hybridized carbons (Fsp3) is 0.339. The molecule has 0 aliphatic carbocycles. The standard InChI is InChI=1S/C15H20N4S.C15H18N2O2S.C15H15NOS.C14H17FOS.C13H15NOS.C13H15NS.2C12H14N2OS/c1-15(2,3)20-11-4-5-12-13(6-11)17-7-14(18-12)19-8-10(16)9-19;1-15(2,3)20-11-8-10-6-5-7-16-13(10)12(9-11)14(18)17-19-4;1-5-11-8-12-6-7-13(18-15(2,3)4)9-14(12)16(17)10-11;1-10(16)5-6-11-7-8-12(9-13(11)15)17-14(2,3)4;1-13(2,3)16-11-7-6-10-5-4-8-14(15)12(10)9-11;1-13(2,3)15-11-7-6-10-5-4-8-14-12(10)9-11;1-12(2,3)16-9-7-10-11(14(15)8-9)5-4-6-13-10;1-12(2,3)16-9-7-11-10(13-8-9)5-4-6-14(11)15/h4-7,10H,8-9,16H2,1-3H3;5-9H,1-4H3,(H,17,18);1,6-10H,2-4H3;5-9H,1-4H3;4-9H,1-3H3;4-9H,1-3H3;2*4-8H,1-3H3/b;;;6-5+;;;;. The lowest BCUT2D eigenvalue weighted by atomic mass is 10.1. The summed E-state index contributed by atoms with van der Waals surface area (Å²) < 4.78 is 18.3. The largest absolute Gasteiger partial charge is 0.618 e. The predicted molar refractivity (Wildman–Crippen MR) is 584 cm³/mol. The molecule has 1 fully saturated rings. The van der Waals surface area contributed by atoms with Gasteiger partial charge >= 0.3 is 0 Å². The fourth-order valence-electron chi connectivity index (χ4n) is 13.1. The topological polar surface area (TPSA) is 270 Å². The SMILES string of the molecule is C#Cc1cc2ccc(SC(C)(C)C)cc2[n+]([O-])c1.CC(=O)/C=C/c1ccc(SC(C)(C)C)cc1F.CC(C)(C)Sc1cc2ncccc2[n+]([O-])c1.CC(C)(C)Sc1ccc2ccc[n+]([O-])c2c1.CC(C)(C)Sc1ccc2cccnc2c1.CC(C)(C)Sc1ccc2nc(N3CC(N)C3)cnc2c1.CC(C)(C)Sc1cnc2ccc[n+]([O-])c2c1.CONC(=O)c1cc(SC(C)(C)C)cc2cccnc12. The van der Waals surface area contributed by atoms with Crippen LogP contribution in [0.15, 0.2) is 283 Å². The highest BCUT2D eigenvalue weighted by atomic mass is 32.2. The van der Waals surface area contributed by atoms with Gasteiger partial charge in [-0.25, -0.2) is 24.8 Å². The van der Waals surface area contributed by atoms with Crippen molar-refractivity contribution < 1.29 is 37.7 Å². The Bertz CT molecular complexity index is 6710. The highest BCUT2D eigenvalue weighted by molar-refractivity contribution is 8.02. The molecule has 0 unspecified atom stereocenters. The van der Waals surface area contributed by atoms with Crippen LogP contribution in [0.25, 0.3) is 82.8 Å². The van der Waals surface area contributed by atoms with Crippen LogP contribution in [0.3, 0.4) is 0 Å². The molecule has 726 valence electrons. The molecule has 138 heavy (non-hydrogen) atoms. The second-order valence-corrected chi connectivity index (χ2v) is 55.4. The van der Waals surface area contributed by atoms with E-state index in [2.05, 4.69) is 267 Å². The van der Waals surface area contributed by atoms with Crippen LogP contribution in [-0.4, -0.2) is 106 Å². The van der Waals surface area contributed by atoms with Crippen LogP contribution in [0.4, 0.5) is 10.2 Å². The second kappa shape index (κ2) is 48.6. The molecule has 3 N–H and O–H groups in total. The summed E-state index contributed by atoms with van der Waals surface area (Å²) in [4.78, 5) is 64.7. The summed E-state index contributed by atoms with van der Waals surface area (Å²) in [5.41, 5.74) is 17.5. The van der Waals surface area contributed by atoms with Crippen molar-refractivity contribution in [2.45, 2.75) is 256 Å². The summed E-state index contributed by atoms with van der Waals surface area (Å²) in [6.07, 6.45) is 23.2. The van der Waals surface area contributed by atoms with Gasteiger partial charge in [0.2, 0.25) is 22.1 Å². The van der Waals surface area contributed by atoms with Gasteiger partial charge in [-0.1, -0.05) is 196 Å². The molecule has 0 saturated carbocycles. The first-order valence-electron chi connectivity index (χ1n) is 45.0. The van der Waals surface area contributed by atoms with Crippen molar-refractivity contribution in [2.24, 2.45) is 5.73 Å². The number of hydrogen-bond acceptors (Lipinski definition) is 23. The molecule has 0 atom stereocenters. The number of benzene rings is 6. The lowest BCUT2D eigenvalue weighted by Gasteiger charge is -2.37. The molecule has 15 aromatic rings. The third-order valence-electron chi connectivity index (χ3n) is 18.2. The van der Waals surface area contributed by atoms with Crippen LogP contribution in [0.5, 0.6) is 0 Å². The third kappa shape index (κ3) is 37.6. The van der Waals surface area contributed by atoms with Gasteiger partial charge in [-0.3, -0.25) is 29.4 Å². The molecule has 20 nitrogen and oxygen atoms in total. The molecular formula is C109H128FN13O7S8. The molecule has 9 aromatic heterocycles. The number of nitrogens with zero attached hydrogens (tertiary/aromatic N) is 11. The highest BCUT2D eigenvalue weighted by Crippen LogP contribution is 2.41. The number of hydrogen-bond donors (Lipinski definition) is 2. The molecule has 29 heteroatoms. The molecule has 0 radical (unpaired) electrons. The van der Waals surface area contributed by atoms with Gasteiger partial charge in [-0.05, 0) is 140 Å². The van der Waals surface area contributed by atoms with Crippen LogP contribution in [0.1, 0.15) is 195 Å². The first-order chi connectivity index (χ1) is 64.4. The van der Waals surface area contributed by atoms with Crippen LogP contribution < -0.4 is 35.0 Å². The van der Waals surface area contributed by atoms with Crippen LogP contribution >= 0.6 is 94.1 Å². The number of nitrogens with one attached hydrogen (secondary N) is 1. The van der Waals surface area contributed by atoms with Gasteiger partial charge in [0, 0.05) is 180 Å². The minimum Gasteiger partial charge on any atom is -0.618 e. The number of aromatic nitrogens is 10. The van der Waals surface area contributed by atoms with E-state index in [0.717, 1.165) is 116 Å². The van der Waals surface area contributed by atoms with Crippen molar-refractivity contribution in [3.63, 3.8) is 0 Å². The normalized spacial score (nSPS) is 12.5. The van der Waals surface area contributed by atoms with Gasteiger partial charge in [0.05, 0.1) is 51.4 Å². The smallest absolute Gasteiger partial charge is 0.277 e. The Morgan fingerprint density at radius 2 is 0.877 bits per heavy atom. The summed E-state index contributed by atoms with van der Waals surface area (Å²) in [5, 5.41) is 50.8. The number of amides is 1. The quantitative estimate of drug-likeness (QED) is 0.0271. The Kier molecular flexibility index (Phi) is 39.1. The molecule has 16 rings (SSSR count). The summed E-state index contributed by atoms with van der Waals surface area (Å²) >= 11 is 13.9. The molecule has 0 bridgehead atoms. The number of anilines is 1. The molecular weight excluding hydrogens is 1880 g/mol. The number of allylic oxidation sites excluding steroid dienone is 1. The van der Waals surface area contributed by atoms with E-state index in [1.54, 1.807) is 119 Å². The molecule has 1 aliphatic heterocycles. The van der Waals surface area contributed by atoms with Gasteiger partial charge in [-0.15, -0.1) is 101 Å². The number of pyridine rings is 8. The second-order valence-electron chi connectivity index (χ2n) is 40.2. The van der Waals surface area contributed by atoms with Gasteiger partial charge in [-0.2, -0.15) is 18.9 Å². The van der Waals surface area contributed by atoms with Crippen molar-refractivity contribution >= 4 is 194 Å². The zero-order valence-electron chi connectivity index (χ0n) is 83.7. The monoisotopic (exact) mass is 2010 g/mol. The Morgan fingerprint density at radius 1 is 0.435 bits per heavy atom. The zero-order valence-corrected chi connectivity index (χ0v) is 90.3.